The molecule has 1 aromatic rings. The molecule has 0 heterocycles. The number of rotatable bonds is 4. The van der Waals surface area contributed by atoms with E-state index in [0.717, 1.165) is 24.3 Å². The van der Waals surface area contributed by atoms with E-state index in [4.69, 9.17) is 4.74 Å². The summed E-state index contributed by atoms with van der Waals surface area (Å²) in [5, 5.41) is 4.25. The van der Waals surface area contributed by atoms with Crippen LogP contribution < -0.4 is 10.2 Å². The van der Waals surface area contributed by atoms with Crippen molar-refractivity contribution in [3.05, 3.63) is 42.0 Å². The molecule has 1 N–H and O–H groups in total. The summed E-state index contributed by atoms with van der Waals surface area (Å²) in [7, 11) is 0. The highest BCUT2D eigenvalue weighted by atomic mass is 16.5. The van der Waals surface area contributed by atoms with Gasteiger partial charge in [0, 0.05) is 17.2 Å². The first-order valence-electron chi connectivity index (χ1n) is 7.04. The molecule has 0 saturated heterocycles. The predicted octanol–water partition coefficient (Wildman–Crippen LogP) is 2.77. The van der Waals surface area contributed by atoms with Gasteiger partial charge in [0.15, 0.2) is 0 Å². The monoisotopic (exact) mass is 270 g/mol. The number of ether oxygens (including phenoxy) is 1. The fourth-order valence-electron chi connectivity index (χ4n) is 2.72. The molecule has 1 amide bonds. The SMILES string of the molecule is CCOc1ccc(C(=O)N/N=C2/C[C@H]3C=CC[C@@H]23)cc1. The number of benzene rings is 1. The van der Waals surface area contributed by atoms with Gasteiger partial charge in [0.2, 0.25) is 0 Å². The average Bonchev–Trinajstić information content (AvgIpc) is 2.81. The normalized spacial score (nSPS) is 25.1. The molecule has 20 heavy (non-hydrogen) atoms. The van der Waals surface area contributed by atoms with Crippen molar-refractivity contribution in [3.63, 3.8) is 0 Å². The summed E-state index contributed by atoms with van der Waals surface area (Å²) in [6.45, 7) is 2.55. The Bertz CT molecular complexity index is 560. The minimum absolute atomic E-state index is 0.171. The molecule has 3 rings (SSSR count). The van der Waals surface area contributed by atoms with Gasteiger partial charge in [-0.25, -0.2) is 5.43 Å². The second kappa shape index (κ2) is 5.49. The van der Waals surface area contributed by atoms with Gasteiger partial charge in [0.1, 0.15) is 5.75 Å². The molecule has 0 spiro atoms. The Hall–Kier alpha value is -2.10. The second-order valence-corrected chi connectivity index (χ2v) is 5.14. The van der Waals surface area contributed by atoms with Gasteiger partial charge in [-0.1, -0.05) is 12.2 Å². The number of nitrogens with zero attached hydrogens (tertiary/aromatic N) is 1. The van der Waals surface area contributed by atoms with Crippen molar-refractivity contribution in [2.24, 2.45) is 16.9 Å². The third-order valence-electron chi connectivity index (χ3n) is 3.89. The Morgan fingerprint density at radius 3 is 2.90 bits per heavy atom. The number of hydrogen-bond acceptors (Lipinski definition) is 3. The molecular weight excluding hydrogens is 252 g/mol. The zero-order valence-electron chi connectivity index (χ0n) is 11.5. The fraction of sp³-hybridized carbons (Fsp3) is 0.375. The highest BCUT2D eigenvalue weighted by Crippen LogP contribution is 2.40. The summed E-state index contributed by atoms with van der Waals surface area (Å²) >= 11 is 0. The van der Waals surface area contributed by atoms with Gasteiger partial charge in [-0.15, -0.1) is 0 Å². The smallest absolute Gasteiger partial charge is 0.271 e. The lowest BCUT2D eigenvalue weighted by Crippen LogP contribution is -2.35. The van der Waals surface area contributed by atoms with Crippen LogP contribution in [0.5, 0.6) is 5.75 Å². The Morgan fingerprint density at radius 1 is 1.40 bits per heavy atom. The molecule has 2 atom stereocenters. The Balaban J connectivity index is 1.58. The van der Waals surface area contributed by atoms with Crippen LogP contribution in [0.15, 0.2) is 41.5 Å². The van der Waals surface area contributed by atoms with E-state index in [0.29, 0.717) is 24.0 Å². The number of allylic oxidation sites excluding steroid dienone is 2. The first kappa shape index (κ1) is 12.9. The summed E-state index contributed by atoms with van der Waals surface area (Å²) < 4.78 is 5.35. The van der Waals surface area contributed by atoms with E-state index >= 15 is 0 Å². The molecule has 0 aliphatic heterocycles. The fourth-order valence-corrected chi connectivity index (χ4v) is 2.72. The standard InChI is InChI=1S/C16H18N2O2/c1-2-20-13-8-6-11(7-9-13)16(19)18-17-15-10-12-4-3-5-14(12)15/h3-4,6-9,12,14H,2,5,10H2,1H3,(H,18,19)/b17-15-/t12-,14-/m1/s1. The van der Waals surface area contributed by atoms with Gasteiger partial charge in [0.05, 0.1) is 6.61 Å². The van der Waals surface area contributed by atoms with Crippen molar-refractivity contribution in [1.82, 2.24) is 5.43 Å². The molecule has 1 aromatic carbocycles. The van der Waals surface area contributed by atoms with E-state index in [9.17, 15) is 4.79 Å². The van der Waals surface area contributed by atoms with Crippen molar-refractivity contribution in [2.75, 3.05) is 6.61 Å². The van der Waals surface area contributed by atoms with Crippen LogP contribution in [-0.2, 0) is 0 Å². The van der Waals surface area contributed by atoms with Crippen LogP contribution in [0.1, 0.15) is 30.1 Å². The molecule has 4 nitrogen and oxygen atoms in total. The van der Waals surface area contributed by atoms with Crippen LogP contribution in [-0.4, -0.2) is 18.2 Å². The molecule has 1 fully saturated rings. The molecule has 2 aliphatic rings. The third-order valence-corrected chi connectivity index (χ3v) is 3.89. The summed E-state index contributed by atoms with van der Waals surface area (Å²) in [5.41, 5.74) is 4.35. The molecule has 104 valence electrons. The number of hydrogen-bond donors (Lipinski definition) is 1. The van der Waals surface area contributed by atoms with Crippen LogP contribution in [0, 0.1) is 11.8 Å². The van der Waals surface area contributed by atoms with Gasteiger partial charge in [-0.05, 0) is 49.9 Å². The van der Waals surface area contributed by atoms with Gasteiger partial charge >= 0.3 is 0 Å². The zero-order valence-corrected chi connectivity index (χ0v) is 11.5. The van der Waals surface area contributed by atoms with E-state index in [1.54, 1.807) is 24.3 Å². The number of hydrazone groups is 1. The van der Waals surface area contributed by atoms with Crippen LogP contribution >= 0.6 is 0 Å². The maximum atomic E-state index is 12.0. The summed E-state index contributed by atoms with van der Waals surface area (Å²) in [6.07, 6.45) is 6.48. The largest absolute Gasteiger partial charge is 0.494 e. The van der Waals surface area contributed by atoms with Crippen molar-refractivity contribution in [3.8, 4) is 5.75 Å². The van der Waals surface area contributed by atoms with Gasteiger partial charge in [0.25, 0.3) is 5.91 Å². The Morgan fingerprint density at radius 2 is 2.20 bits per heavy atom. The first-order chi connectivity index (χ1) is 9.78. The first-order valence-corrected chi connectivity index (χ1v) is 7.04. The lowest BCUT2D eigenvalue weighted by atomic mass is 9.74. The van der Waals surface area contributed by atoms with Gasteiger partial charge in [-0.3, -0.25) is 4.79 Å². The molecule has 1 saturated carbocycles. The maximum absolute atomic E-state index is 12.0. The van der Waals surface area contributed by atoms with Crippen LogP contribution in [0.2, 0.25) is 0 Å². The van der Waals surface area contributed by atoms with Gasteiger partial charge in [-0.2, -0.15) is 5.10 Å². The minimum atomic E-state index is -0.171. The van der Waals surface area contributed by atoms with E-state index in [1.165, 1.54) is 0 Å². The number of carbonyl (C=O) groups is 1. The molecule has 2 aliphatic carbocycles. The van der Waals surface area contributed by atoms with Crippen LogP contribution in [0.25, 0.3) is 0 Å². The summed E-state index contributed by atoms with van der Waals surface area (Å²) in [6, 6.07) is 7.10. The summed E-state index contributed by atoms with van der Waals surface area (Å²) in [4.78, 5) is 12.0. The van der Waals surface area contributed by atoms with Crippen molar-refractivity contribution >= 4 is 11.6 Å². The van der Waals surface area contributed by atoms with Crippen molar-refractivity contribution in [1.29, 1.82) is 0 Å². The molecule has 0 radical (unpaired) electrons. The van der Waals surface area contributed by atoms with Crippen molar-refractivity contribution in [2.45, 2.75) is 19.8 Å². The van der Waals surface area contributed by atoms with Crippen LogP contribution in [0.4, 0.5) is 0 Å². The molecule has 4 heteroatoms. The maximum Gasteiger partial charge on any atom is 0.271 e. The quantitative estimate of drug-likeness (QED) is 0.675. The average molecular weight is 270 g/mol. The van der Waals surface area contributed by atoms with Crippen LogP contribution in [0.3, 0.4) is 0 Å². The van der Waals surface area contributed by atoms with E-state index in [1.807, 2.05) is 6.92 Å². The predicted molar refractivity (Wildman–Crippen MR) is 77.9 cm³/mol. The minimum Gasteiger partial charge on any atom is -0.494 e. The van der Waals surface area contributed by atoms with Gasteiger partial charge < -0.3 is 4.74 Å². The van der Waals surface area contributed by atoms with E-state index < -0.39 is 0 Å². The summed E-state index contributed by atoms with van der Waals surface area (Å²) in [5.74, 6) is 1.77. The number of carbonyl (C=O) groups excluding carboxylic acids is 1. The zero-order chi connectivity index (χ0) is 13.9. The Kier molecular flexibility index (Phi) is 3.54. The topological polar surface area (TPSA) is 50.7 Å². The molecule has 0 bridgehead atoms. The molecule has 0 unspecified atom stereocenters. The number of nitrogens with one attached hydrogen (secondary N) is 1. The molecular formula is C16H18N2O2. The molecule has 0 aromatic heterocycles. The van der Waals surface area contributed by atoms with Crippen molar-refractivity contribution < 1.29 is 9.53 Å². The lowest BCUT2D eigenvalue weighted by Gasteiger charge is -2.31. The number of amides is 1. The second-order valence-electron chi connectivity index (χ2n) is 5.14. The third kappa shape index (κ3) is 2.46. The number of fused-ring (bicyclic) bond motifs is 1. The Labute approximate surface area is 118 Å². The highest BCUT2D eigenvalue weighted by molar-refractivity contribution is 5.98. The van der Waals surface area contributed by atoms with E-state index in [2.05, 4.69) is 22.7 Å². The highest BCUT2D eigenvalue weighted by Gasteiger charge is 2.37. The lowest BCUT2D eigenvalue weighted by molar-refractivity contribution is 0.0954. The van der Waals surface area contributed by atoms with E-state index in [-0.39, 0.29) is 5.91 Å².